The zero-order valence-corrected chi connectivity index (χ0v) is 10.3. The predicted octanol–water partition coefficient (Wildman–Crippen LogP) is 2.34. The molecule has 0 aliphatic carbocycles. The van der Waals surface area contributed by atoms with Gasteiger partial charge in [0.15, 0.2) is 0 Å². The van der Waals surface area contributed by atoms with Crippen molar-refractivity contribution < 1.29 is 23.4 Å². The highest BCUT2D eigenvalue weighted by Gasteiger charge is 2.30. The summed E-state index contributed by atoms with van der Waals surface area (Å²) in [5.74, 6) is -0.740. The fraction of sp³-hybridized carbons (Fsp3) is 0.462. The lowest BCUT2D eigenvalue weighted by atomic mass is 10.1. The average molecular weight is 271 g/mol. The Balaban J connectivity index is 2.04. The number of halogens is 2. The molecule has 6 heteroatoms. The molecule has 1 aromatic carbocycles. The minimum absolute atomic E-state index is 0.0959. The summed E-state index contributed by atoms with van der Waals surface area (Å²) in [7, 11) is 0. The number of rotatable bonds is 5. The quantitative estimate of drug-likeness (QED) is 0.893. The molecule has 4 nitrogen and oxygen atoms in total. The monoisotopic (exact) mass is 271 g/mol. The minimum atomic E-state index is -2.85. The molecule has 19 heavy (non-hydrogen) atoms. The molecule has 1 unspecified atom stereocenters. The zero-order chi connectivity index (χ0) is 13.8. The van der Waals surface area contributed by atoms with Crippen LogP contribution in [-0.2, 0) is 11.3 Å². The second-order valence-electron chi connectivity index (χ2n) is 4.49. The van der Waals surface area contributed by atoms with Gasteiger partial charge < -0.3 is 9.84 Å². The predicted molar refractivity (Wildman–Crippen MR) is 64.1 cm³/mol. The maximum atomic E-state index is 12.1. The number of nitrogens with zero attached hydrogens (tertiary/aromatic N) is 1. The van der Waals surface area contributed by atoms with E-state index in [1.807, 2.05) is 4.90 Å². The van der Waals surface area contributed by atoms with Crippen LogP contribution in [0.15, 0.2) is 24.3 Å². The molecule has 0 aromatic heterocycles. The number of ether oxygens (including phenoxy) is 1. The first-order valence-corrected chi connectivity index (χ1v) is 6.07. The standard InChI is InChI=1S/C13H15F2NO3/c14-13(15)19-10-4-1-3-9(7-10)8-16-6-2-5-11(16)12(17)18/h1,3-4,7,11,13H,2,5-6,8H2,(H,17,18). The summed E-state index contributed by atoms with van der Waals surface area (Å²) in [6, 6.07) is 5.88. The molecule has 1 aromatic rings. The van der Waals surface area contributed by atoms with Gasteiger partial charge in [0.25, 0.3) is 0 Å². The fourth-order valence-corrected chi connectivity index (χ4v) is 2.35. The SMILES string of the molecule is O=C(O)C1CCCN1Cc1cccc(OC(F)F)c1. The van der Waals surface area contributed by atoms with Crippen LogP contribution in [0, 0.1) is 0 Å². The topological polar surface area (TPSA) is 49.8 Å². The van der Waals surface area contributed by atoms with E-state index < -0.39 is 18.6 Å². The maximum absolute atomic E-state index is 12.1. The summed E-state index contributed by atoms with van der Waals surface area (Å²) in [5, 5.41) is 9.07. The molecule has 1 saturated heterocycles. The molecule has 0 radical (unpaired) electrons. The van der Waals surface area contributed by atoms with Gasteiger partial charge in [0.05, 0.1) is 0 Å². The van der Waals surface area contributed by atoms with Gasteiger partial charge >= 0.3 is 12.6 Å². The van der Waals surface area contributed by atoms with Crippen molar-refractivity contribution in [1.82, 2.24) is 4.90 Å². The van der Waals surface area contributed by atoms with Crippen LogP contribution in [0.5, 0.6) is 5.75 Å². The molecule has 1 aliphatic heterocycles. The van der Waals surface area contributed by atoms with Crippen molar-refractivity contribution in [2.75, 3.05) is 6.54 Å². The first-order chi connectivity index (χ1) is 9.06. The molecule has 0 amide bonds. The Bertz CT molecular complexity index is 453. The van der Waals surface area contributed by atoms with Crippen molar-refractivity contribution in [1.29, 1.82) is 0 Å². The van der Waals surface area contributed by atoms with Gasteiger partial charge in [-0.3, -0.25) is 9.69 Å². The van der Waals surface area contributed by atoms with Gasteiger partial charge in [-0.15, -0.1) is 0 Å². The smallest absolute Gasteiger partial charge is 0.387 e. The normalized spacial score (nSPS) is 19.8. The molecule has 0 spiro atoms. The number of carboxylic acid groups (broad SMARTS) is 1. The first kappa shape index (κ1) is 13.7. The molecule has 104 valence electrons. The van der Waals surface area contributed by atoms with Crippen LogP contribution in [0.1, 0.15) is 18.4 Å². The Morgan fingerprint density at radius 1 is 1.53 bits per heavy atom. The highest BCUT2D eigenvalue weighted by atomic mass is 19.3. The third-order valence-electron chi connectivity index (χ3n) is 3.16. The first-order valence-electron chi connectivity index (χ1n) is 6.07. The number of benzene rings is 1. The van der Waals surface area contributed by atoms with Crippen LogP contribution in [0.4, 0.5) is 8.78 Å². The van der Waals surface area contributed by atoms with Gasteiger partial charge in [-0.25, -0.2) is 0 Å². The Hall–Kier alpha value is -1.69. The third-order valence-corrected chi connectivity index (χ3v) is 3.16. The number of alkyl halides is 2. The van der Waals surface area contributed by atoms with Gasteiger partial charge in [0.2, 0.25) is 0 Å². The zero-order valence-electron chi connectivity index (χ0n) is 10.3. The lowest BCUT2D eigenvalue weighted by molar-refractivity contribution is -0.142. The lowest BCUT2D eigenvalue weighted by Crippen LogP contribution is -2.35. The summed E-state index contributed by atoms with van der Waals surface area (Å²) < 4.78 is 28.6. The van der Waals surface area contributed by atoms with E-state index in [2.05, 4.69) is 4.74 Å². The largest absolute Gasteiger partial charge is 0.480 e. The molecule has 1 atom stereocenters. The second-order valence-corrected chi connectivity index (χ2v) is 4.49. The number of carbonyl (C=O) groups is 1. The molecule has 2 rings (SSSR count). The van der Waals surface area contributed by atoms with E-state index in [1.165, 1.54) is 12.1 Å². The van der Waals surface area contributed by atoms with E-state index in [0.717, 1.165) is 12.0 Å². The summed E-state index contributed by atoms with van der Waals surface area (Å²) in [5.41, 5.74) is 0.770. The molecule has 1 N–H and O–H groups in total. The van der Waals surface area contributed by atoms with Crippen LogP contribution >= 0.6 is 0 Å². The van der Waals surface area contributed by atoms with E-state index in [1.54, 1.807) is 12.1 Å². The van der Waals surface area contributed by atoms with Crippen LogP contribution in [0.2, 0.25) is 0 Å². The van der Waals surface area contributed by atoms with Crippen LogP contribution < -0.4 is 4.74 Å². The van der Waals surface area contributed by atoms with Crippen LogP contribution in [-0.4, -0.2) is 35.2 Å². The van der Waals surface area contributed by atoms with E-state index in [4.69, 9.17) is 5.11 Å². The second kappa shape index (κ2) is 5.97. The number of hydrogen-bond acceptors (Lipinski definition) is 3. The van der Waals surface area contributed by atoms with E-state index >= 15 is 0 Å². The molecule has 0 saturated carbocycles. The Morgan fingerprint density at radius 2 is 2.32 bits per heavy atom. The third kappa shape index (κ3) is 3.64. The van der Waals surface area contributed by atoms with E-state index in [-0.39, 0.29) is 5.75 Å². The molecular weight excluding hydrogens is 256 g/mol. The number of likely N-dealkylation sites (tertiary alicyclic amines) is 1. The van der Waals surface area contributed by atoms with Crippen LogP contribution in [0.25, 0.3) is 0 Å². The Morgan fingerprint density at radius 3 is 3.00 bits per heavy atom. The van der Waals surface area contributed by atoms with Crippen molar-refractivity contribution in [2.45, 2.75) is 32.0 Å². The average Bonchev–Trinajstić information content (AvgIpc) is 2.76. The highest BCUT2D eigenvalue weighted by Crippen LogP contribution is 2.22. The van der Waals surface area contributed by atoms with Crippen molar-refractivity contribution in [3.63, 3.8) is 0 Å². The molecule has 1 aliphatic rings. The molecular formula is C13H15F2NO3. The Kier molecular flexibility index (Phi) is 4.31. The minimum Gasteiger partial charge on any atom is -0.480 e. The van der Waals surface area contributed by atoms with E-state index in [9.17, 15) is 13.6 Å². The highest BCUT2D eigenvalue weighted by molar-refractivity contribution is 5.73. The van der Waals surface area contributed by atoms with Crippen LogP contribution in [0.3, 0.4) is 0 Å². The summed E-state index contributed by atoms with van der Waals surface area (Å²) in [4.78, 5) is 12.9. The van der Waals surface area contributed by atoms with Gasteiger partial charge in [-0.1, -0.05) is 12.1 Å². The van der Waals surface area contributed by atoms with Gasteiger partial charge in [0, 0.05) is 6.54 Å². The number of carboxylic acids is 1. The molecule has 1 fully saturated rings. The maximum Gasteiger partial charge on any atom is 0.387 e. The lowest BCUT2D eigenvalue weighted by Gasteiger charge is -2.21. The van der Waals surface area contributed by atoms with Gasteiger partial charge in [-0.05, 0) is 37.1 Å². The summed E-state index contributed by atoms with van der Waals surface area (Å²) >= 11 is 0. The summed E-state index contributed by atoms with van der Waals surface area (Å²) in [6.07, 6.45) is 1.47. The molecule has 1 heterocycles. The van der Waals surface area contributed by atoms with Crippen molar-refractivity contribution >= 4 is 5.97 Å². The van der Waals surface area contributed by atoms with E-state index in [0.29, 0.717) is 19.5 Å². The number of hydrogen-bond donors (Lipinski definition) is 1. The van der Waals surface area contributed by atoms with Gasteiger partial charge in [0.1, 0.15) is 11.8 Å². The van der Waals surface area contributed by atoms with Crippen molar-refractivity contribution in [3.8, 4) is 5.75 Å². The molecule has 0 bridgehead atoms. The van der Waals surface area contributed by atoms with Crippen molar-refractivity contribution in [2.24, 2.45) is 0 Å². The Labute approximate surface area is 109 Å². The summed E-state index contributed by atoms with van der Waals surface area (Å²) in [6.45, 7) is -1.72. The van der Waals surface area contributed by atoms with Gasteiger partial charge in [-0.2, -0.15) is 8.78 Å². The fourth-order valence-electron chi connectivity index (χ4n) is 2.35. The van der Waals surface area contributed by atoms with Crippen molar-refractivity contribution in [3.05, 3.63) is 29.8 Å². The number of aliphatic carboxylic acids is 1.